The van der Waals surface area contributed by atoms with E-state index >= 15 is 0 Å². The second-order valence-electron chi connectivity index (χ2n) is 1.08. The van der Waals surface area contributed by atoms with Gasteiger partial charge in [0.25, 0.3) is 0 Å². The normalized spacial score (nSPS) is 6.00. The number of benzene rings is 1. The van der Waals surface area contributed by atoms with Crippen molar-refractivity contribution < 1.29 is 20.4 Å². The fourth-order valence-corrected chi connectivity index (χ4v) is 0.342. The van der Waals surface area contributed by atoms with Crippen LogP contribution in [-0.4, -0.2) is 0 Å². The summed E-state index contributed by atoms with van der Waals surface area (Å²) in [6.07, 6.45) is 0. The molecule has 0 atom stereocenters. The van der Waals surface area contributed by atoms with Crippen LogP contribution < -0.4 is 0 Å². The van der Waals surface area contributed by atoms with Crippen molar-refractivity contribution in [3.8, 4) is 0 Å². The minimum absolute atomic E-state index is 0. The summed E-state index contributed by atoms with van der Waals surface area (Å²) in [5.74, 6) is 0. The molecule has 1 aromatic rings. The maximum absolute atomic E-state index is 2.89. The van der Waals surface area contributed by atoms with Crippen molar-refractivity contribution in [2.45, 2.75) is 0 Å². The molecule has 0 unspecified atom stereocenters. The van der Waals surface area contributed by atoms with Crippen molar-refractivity contribution in [1.29, 1.82) is 0 Å². The van der Waals surface area contributed by atoms with Crippen molar-refractivity contribution in [2.24, 2.45) is 0 Å². The SMILES string of the molecule is Cl.[Pd].[c-]1ccccc1. The topological polar surface area (TPSA) is 0 Å². The van der Waals surface area contributed by atoms with Crippen molar-refractivity contribution >= 4 is 12.4 Å². The van der Waals surface area contributed by atoms with Gasteiger partial charge in [0.2, 0.25) is 0 Å². The Morgan fingerprint density at radius 2 is 1.38 bits per heavy atom. The molecule has 0 aliphatic heterocycles. The van der Waals surface area contributed by atoms with Gasteiger partial charge in [0.15, 0.2) is 0 Å². The Bertz CT molecular complexity index is 80.5. The Morgan fingerprint density at radius 3 is 1.50 bits per heavy atom. The van der Waals surface area contributed by atoms with Gasteiger partial charge in [-0.3, -0.25) is 0 Å². The second-order valence-corrected chi connectivity index (χ2v) is 1.08. The molecule has 0 fully saturated rings. The molecule has 1 rings (SSSR count). The molecule has 0 aliphatic carbocycles. The second kappa shape index (κ2) is 7.17. The summed E-state index contributed by atoms with van der Waals surface area (Å²) in [6, 6.07) is 12.5. The van der Waals surface area contributed by atoms with Crippen LogP contribution in [0, 0.1) is 6.07 Å². The Hall–Kier alpha value is 0.172. The van der Waals surface area contributed by atoms with Crippen LogP contribution in [0.5, 0.6) is 0 Å². The molecule has 0 saturated carbocycles. The van der Waals surface area contributed by atoms with Crippen LogP contribution in [0.25, 0.3) is 0 Å². The Morgan fingerprint density at radius 1 is 0.875 bits per heavy atom. The molecule has 0 radical (unpaired) electrons. The fraction of sp³-hybridized carbons (Fsp3) is 0. The van der Waals surface area contributed by atoms with Gasteiger partial charge in [-0.15, -0.1) is 12.4 Å². The van der Waals surface area contributed by atoms with Crippen LogP contribution in [0.4, 0.5) is 0 Å². The van der Waals surface area contributed by atoms with E-state index in [1.165, 1.54) is 0 Å². The molecule has 1 aromatic carbocycles. The van der Waals surface area contributed by atoms with E-state index in [0.717, 1.165) is 0 Å². The number of hydrogen-bond donors (Lipinski definition) is 0. The maximum Gasteiger partial charge on any atom is 0 e. The maximum atomic E-state index is 2.89. The third-order valence-electron chi connectivity index (χ3n) is 0.607. The van der Waals surface area contributed by atoms with E-state index in [9.17, 15) is 0 Å². The number of hydrogen-bond acceptors (Lipinski definition) is 0. The molecular weight excluding hydrogens is 214 g/mol. The summed E-state index contributed by atoms with van der Waals surface area (Å²) >= 11 is 0. The molecule has 0 aliphatic rings. The van der Waals surface area contributed by atoms with Gasteiger partial charge in [-0.2, -0.15) is 36.4 Å². The quantitative estimate of drug-likeness (QED) is 0.462. The van der Waals surface area contributed by atoms with Gasteiger partial charge in [0, 0.05) is 20.4 Å². The first-order chi connectivity index (χ1) is 3.00. The monoisotopic (exact) mass is 219 g/mol. The van der Waals surface area contributed by atoms with Gasteiger partial charge in [0.05, 0.1) is 0 Å². The third kappa shape index (κ3) is 4.33. The molecule has 0 saturated heterocycles. The fourth-order valence-electron chi connectivity index (χ4n) is 0.342. The molecule has 8 heavy (non-hydrogen) atoms. The average Bonchev–Trinajstić information content (AvgIpc) is 1.72. The van der Waals surface area contributed by atoms with Crippen LogP contribution in [0.2, 0.25) is 0 Å². The largest absolute Gasteiger partial charge is 0.184 e. The molecule has 0 spiro atoms. The summed E-state index contributed by atoms with van der Waals surface area (Å²) in [4.78, 5) is 0. The summed E-state index contributed by atoms with van der Waals surface area (Å²) < 4.78 is 0. The molecule has 0 bridgehead atoms. The van der Waals surface area contributed by atoms with Crippen molar-refractivity contribution in [3.63, 3.8) is 0 Å². The number of rotatable bonds is 0. The molecule has 0 nitrogen and oxygen atoms in total. The summed E-state index contributed by atoms with van der Waals surface area (Å²) in [6.45, 7) is 0. The first-order valence-electron chi connectivity index (χ1n) is 1.91. The Labute approximate surface area is 69.4 Å². The van der Waals surface area contributed by atoms with Crippen LogP contribution >= 0.6 is 12.4 Å². The van der Waals surface area contributed by atoms with E-state index in [2.05, 4.69) is 6.07 Å². The minimum atomic E-state index is 0. The van der Waals surface area contributed by atoms with E-state index in [1.54, 1.807) is 0 Å². The van der Waals surface area contributed by atoms with Crippen molar-refractivity contribution in [2.75, 3.05) is 0 Å². The average molecular weight is 220 g/mol. The first-order valence-corrected chi connectivity index (χ1v) is 1.91. The van der Waals surface area contributed by atoms with Crippen LogP contribution in [0.1, 0.15) is 0 Å². The zero-order valence-corrected chi connectivity index (χ0v) is 6.48. The summed E-state index contributed by atoms with van der Waals surface area (Å²) in [7, 11) is 0. The molecule has 0 amide bonds. The van der Waals surface area contributed by atoms with E-state index in [4.69, 9.17) is 0 Å². The summed E-state index contributed by atoms with van der Waals surface area (Å²) in [5, 5.41) is 0. The van der Waals surface area contributed by atoms with Gasteiger partial charge in [-0.1, -0.05) is 0 Å². The zero-order chi connectivity index (χ0) is 4.24. The van der Waals surface area contributed by atoms with Crippen LogP contribution in [0.15, 0.2) is 30.3 Å². The molecule has 0 aromatic heterocycles. The van der Waals surface area contributed by atoms with Gasteiger partial charge in [-0.05, 0) is 0 Å². The Kier molecular flexibility index (Phi) is 9.89. The smallest absolute Gasteiger partial charge is 0 e. The molecule has 48 valence electrons. The predicted octanol–water partition coefficient (Wildman–Crippen LogP) is 1.91. The van der Waals surface area contributed by atoms with E-state index < -0.39 is 0 Å². The minimum Gasteiger partial charge on any atom is -0.184 e. The Balaban J connectivity index is 0. The van der Waals surface area contributed by atoms with Crippen molar-refractivity contribution in [1.82, 2.24) is 0 Å². The first kappa shape index (κ1) is 11.0. The third-order valence-corrected chi connectivity index (χ3v) is 0.607. The zero-order valence-electron chi connectivity index (χ0n) is 4.11. The van der Waals surface area contributed by atoms with Crippen molar-refractivity contribution in [3.05, 3.63) is 36.4 Å². The number of halogens is 1. The van der Waals surface area contributed by atoms with Gasteiger partial charge < -0.3 is 0 Å². The van der Waals surface area contributed by atoms with Gasteiger partial charge in [0.1, 0.15) is 0 Å². The van der Waals surface area contributed by atoms with Crippen LogP contribution in [0.3, 0.4) is 0 Å². The van der Waals surface area contributed by atoms with E-state index in [0.29, 0.717) is 0 Å². The molecule has 0 N–H and O–H groups in total. The van der Waals surface area contributed by atoms with Gasteiger partial charge in [-0.25, -0.2) is 0 Å². The van der Waals surface area contributed by atoms with E-state index in [1.807, 2.05) is 30.3 Å². The molecular formula is C6H6ClPd-. The summed E-state index contributed by atoms with van der Waals surface area (Å²) in [5.41, 5.74) is 0. The van der Waals surface area contributed by atoms with E-state index in [-0.39, 0.29) is 32.8 Å². The molecule has 0 heterocycles. The predicted molar refractivity (Wildman–Crippen MR) is 32.5 cm³/mol. The van der Waals surface area contributed by atoms with Gasteiger partial charge >= 0.3 is 0 Å². The van der Waals surface area contributed by atoms with Crippen LogP contribution in [-0.2, 0) is 20.4 Å². The standard InChI is InChI=1S/C6H5.ClH.Pd/c1-2-4-6-5-3-1;;/h1-5H;1H;/q-1;;. The molecule has 2 heteroatoms.